The molecule has 0 aliphatic heterocycles. The van der Waals surface area contributed by atoms with Crippen molar-refractivity contribution in [3.05, 3.63) is 35.6 Å². The van der Waals surface area contributed by atoms with Crippen LogP contribution >= 0.6 is 0 Å². The molecule has 8 heteroatoms. The zero-order valence-corrected chi connectivity index (χ0v) is 13.2. The number of halogens is 1. The van der Waals surface area contributed by atoms with Crippen LogP contribution in [0, 0.1) is 5.82 Å². The van der Waals surface area contributed by atoms with E-state index >= 15 is 0 Å². The molecule has 128 valence electrons. The van der Waals surface area contributed by atoms with Gasteiger partial charge in [-0.15, -0.1) is 0 Å². The largest absolute Gasteiger partial charge is 0.383 e. The van der Waals surface area contributed by atoms with Crippen molar-refractivity contribution < 1.29 is 18.7 Å². The van der Waals surface area contributed by atoms with Gasteiger partial charge in [0.25, 0.3) is 0 Å². The summed E-state index contributed by atoms with van der Waals surface area (Å²) in [5, 5.41) is 10.8. The standard InChI is InChI=1S/C15H23FN4O3/c1-23-9-8-17-6-7-18-14(21)11-20-15(22)19-10-12-2-4-13(16)5-3-12/h2-5,17H,6-11H2,1H3,(H,18,21)(H2,19,20,22). The van der Waals surface area contributed by atoms with E-state index in [1.165, 1.54) is 12.1 Å². The molecule has 0 aliphatic carbocycles. The molecule has 1 aromatic carbocycles. The molecular formula is C15H23FN4O3. The van der Waals surface area contributed by atoms with Gasteiger partial charge in [-0.3, -0.25) is 4.79 Å². The van der Waals surface area contributed by atoms with Crippen molar-refractivity contribution in [2.24, 2.45) is 0 Å². The normalized spacial score (nSPS) is 10.2. The molecule has 0 saturated heterocycles. The first kappa shape index (κ1) is 18.9. The third kappa shape index (κ3) is 9.43. The molecule has 0 unspecified atom stereocenters. The highest BCUT2D eigenvalue weighted by molar-refractivity contribution is 5.83. The lowest BCUT2D eigenvalue weighted by molar-refractivity contribution is -0.120. The number of rotatable bonds is 10. The van der Waals surface area contributed by atoms with Gasteiger partial charge in [-0.05, 0) is 17.7 Å². The predicted octanol–water partition coefficient (Wildman–Crippen LogP) is -0.0229. The zero-order chi connectivity index (χ0) is 16.9. The fourth-order valence-corrected chi connectivity index (χ4v) is 1.66. The number of hydrogen-bond acceptors (Lipinski definition) is 4. The summed E-state index contributed by atoms with van der Waals surface area (Å²) in [5.41, 5.74) is 0.771. The van der Waals surface area contributed by atoms with Gasteiger partial charge in [0.05, 0.1) is 13.2 Å². The van der Waals surface area contributed by atoms with Gasteiger partial charge in [-0.1, -0.05) is 12.1 Å². The summed E-state index contributed by atoms with van der Waals surface area (Å²) in [6.45, 7) is 2.60. The molecule has 1 rings (SSSR count). The molecule has 23 heavy (non-hydrogen) atoms. The Balaban J connectivity index is 2.06. The van der Waals surface area contributed by atoms with Gasteiger partial charge in [0.15, 0.2) is 0 Å². The number of carbonyl (C=O) groups is 2. The fraction of sp³-hybridized carbons (Fsp3) is 0.467. The molecule has 0 radical (unpaired) electrons. The zero-order valence-electron chi connectivity index (χ0n) is 13.2. The monoisotopic (exact) mass is 326 g/mol. The van der Waals surface area contributed by atoms with Gasteiger partial charge < -0.3 is 26.0 Å². The van der Waals surface area contributed by atoms with E-state index in [4.69, 9.17) is 4.74 Å². The molecule has 0 bridgehead atoms. The highest BCUT2D eigenvalue weighted by atomic mass is 19.1. The first-order valence-electron chi connectivity index (χ1n) is 7.34. The van der Waals surface area contributed by atoms with E-state index in [-0.39, 0.29) is 24.8 Å². The smallest absolute Gasteiger partial charge is 0.315 e. The number of ether oxygens (including phenoxy) is 1. The molecule has 0 aliphatic rings. The SMILES string of the molecule is COCCNCCNC(=O)CNC(=O)NCc1ccc(F)cc1. The first-order chi connectivity index (χ1) is 11.1. The molecule has 0 heterocycles. The van der Waals surface area contributed by atoms with Gasteiger partial charge in [0.2, 0.25) is 5.91 Å². The van der Waals surface area contributed by atoms with Crippen LogP contribution in [-0.2, 0) is 16.1 Å². The molecule has 0 atom stereocenters. The summed E-state index contributed by atoms with van der Waals surface area (Å²) >= 11 is 0. The molecule has 0 spiro atoms. The highest BCUT2D eigenvalue weighted by Crippen LogP contribution is 2.01. The van der Waals surface area contributed by atoms with E-state index in [2.05, 4.69) is 21.3 Å². The van der Waals surface area contributed by atoms with Crippen LogP contribution in [0.4, 0.5) is 9.18 Å². The van der Waals surface area contributed by atoms with Gasteiger partial charge >= 0.3 is 6.03 Å². The quantitative estimate of drug-likeness (QED) is 0.455. The van der Waals surface area contributed by atoms with Gasteiger partial charge in [0, 0.05) is 33.3 Å². The van der Waals surface area contributed by atoms with E-state index in [0.717, 1.165) is 12.1 Å². The predicted molar refractivity (Wildman–Crippen MR) is 84.4 cm³/mol. The summed E-state index contributed by atoms with van der Waals surface area (Å²) in [5.74, 6) is -0.595. The van der Waals surface area contributed by atoms with E-state index in [1.54, 1.807) is 19.2 Å². The summed E-state index contributed by atoms with van der Waals surface area (Å²) < 4.78 is 17.6. The van der Waals surface area contributed by atoms with E-state index in [9.17, 15) is 14.0 Å². The third-order valence-corrected chi connectivity index (χ3v) is 2.88. The first-order valence-corrected chi connectivity index (χ1v) is 7.34. The minimum atomic E-state index is -0.456. The topological polar surface area (TPSA) is 91.5 Å². The lowest BCUT2D eigenvalue weighted by Gasteiger charge is -2.09. The molecule has 3 amide bonds. The molecule has 4 N–H and O–H groups in total. The number of hydrogen-bond donors (Lipinski definition) is 4. The van der Waals surface area contributed by atoms with E-state index in [1.807, 2.05) is 0 Å². The molecular weight excluding hydrogens is 303 g/mol. The summed E-state index contributed by atoms with van der Waals surface area (Å²) in [7, 11) is 1.62. The average molecular weight is 326 g/mol. The molecule has 7 nitrogen and oxygen atoms in total. The fourth-order valence-electron chi connectivity index (χ4n) is 1.66. The number of nitrogens with one attached hydrogen (secondary N) is 4. The summed E-state index contributed by atoms with van der Waals surface area (Å²) in [6, 6.07) is 5.35. The van der Waals surface area contributed by atoms with Gasteiger partial charge in [0.1, 0.15) is 5.82 Å². The molecule has 1 aromatic rings. The maximum atomic E-state index is 12.7. The Hall–Kier alpha value is -2.19. The number of methoxy groups -OCH3 is 1. The van der Waals surface area contributed by atoms with Crippen LogP contribution in [-0.4, -0.2) is 51.8 Å². The van der Waals surface area contributed by atoms with Crippen LogP contribution in [0.3, 0.4) is 0 Å². The van der Waals surface area contributed by atoms with Crippen molar-refractivity contribution in [2.75, 3.05) is 39.9 Å². The number of carbonyl (C=O) groups excluding carboxylic acids is 2. The van der Waals surface area contributed by atoms with Crippen LogP contribution < -0.4 is 21.3 Å². The van der Waals surface area contributed by atoms with Crippen LogP contribution in [0.1, 0.15) is 5.56 Å². The van der Waals surface area contributed by atoms with E-state index in [0.29, 0.717) is 19.7 Å². The number of urea groups is 1. The van der Waals surface area contributed by atoms with Crippen molar-refractivity contribution in [3.8, 4) is 0 Å². The third-order valence-electron chi connectivity index (χ3n) is 2.88. The Bertz CT molecular complexity index is 482. The van der Waals surface area contributed by atoms with Crippen molar-refractivity contribution in [1.29, 1.82) is 0 Å². The molecule has 0 aromatic heterocycles. The van der Waals surface area contributed by atoms with Crippen LogP contribution in [0.2, 0.25) is 0 Å². The van der Waals surface area contributed by atoms with Crippen molar-refractivity contribution in [2.45, 2.75) is 6.54 Å². The molecule has 0 saturated carbocycles. The lowest BCUT2D eigenvalue weighted by atomic mass is 10.2. The van der Waals surface area contributed by atoms with Crippen molar-refractivity contribution >= 4 is 11.9 Å². The Morgan fingerprint density at radius 1 is 1.04 bits per heavy atom. The Kier molecular flexibility index (Phi) is 9.34. The molecule has 0 fully saturated rings. The second-order valence-electron chi connectivity index (χ2n) is 4.76. The minimum absolute atomic E-state index is 0.104. The van der Waals surface area contributed by atoms with Crippen molar-refractivity contribution in [3.63, 3.8) is 0 Å². The lowest BCUT2D eigenvalue weighted by Crippen LogP contribution is -2.43. The summed E-state index contributed by atoms with van der Waals surface area (Å²) in [6.07, 6.45) is 0. The number of amides is 3. The maximum absolute atomic E-state index is 12.7. The Morgan fingerprint density at radius 3 is 2.48 bits per heavy atom. The minimum Gasteiger partial charge on any atom is -0.383 e. The van der Waals surface area contributed by atoms with Crippen molar-refractivity contribution in [1.82, 2.24) is 21.3 Å². The Labute approximate surface area is 135 Å². The van der Waals surface area contributed by atoms with Gasteiger partial charge in [-0.2, -0.15) is 0 Å². The maximum Gasteiger partial charge on any atom is 0.315 e. The van der Waals surface area contributed by atoms with E-state index < -0.39 is 6.03 Å². The Morgan fingerprint density at radius 2 is 1.78 bits per heavy atom. The number of benzene rings is 1. The van der Waals surface area contributed by atoms with Gasteiger partial charge in [-0.25, -0.2) is 9.18 Å². The average Bonchev–Trinajstić information content (AvgIpc) is 2.55. The second-order valence-corrected chi connectivity index (χ2v) is 4.76. The highest BCUT2D eigenvalue weighted by Gasteiger charge is 2.04. The van der Waals surface area contributed by atoms with Crippen LogP contribution in [0.25, 0.3) is 0 Å². The van der Waals surface area contributed by atoms with Crippen LogP contribution in [0.5, 0.6) is 0 Å². The van der Waals surface area contributed by atoms with Crippen LogP contribution in [0.15, 0.2) is 24.3 Å². The summed E-state index contributed by atoms with van der Waals surface area (Å²) in [4.78, 5) is 23.0. The second kappa shape index (κ2) is 11.4.